The SMILES string of the molecule is CN=C(NCCc1ccco1)N1CC2C3CCC(O3)C2C1.I. The summed E-state index contributed by atoms with van der Waals surface area (Å²) < 4.78 is 11.4. The molecular weight excluding hydrogens is 393 g/mol. The second-order valence-electron chi connectivity index (χ2n) is 6.33. The van der Waals surface area contributed by atoms with Crippen molar-refractivity contribution in [3.05, 3.63) is 24.2 Å². The fraction of sp³-hybridized carbons (Fsp3) is 0.688. The van der Waals surface area contributed by atoms with Crippen LogP contribution in [0.15, 0.2) is 27.8 Å². The Morgan fingerprint density at radius 2 is 2.05 bits per heavy atom. The first-order chi connectivity index (χ1) is 10.3. The molecule has 3 aliphatic heterocycles. The Hall–Kier alpha value is -0.760. The Morgan fingerprint density at radius 1 is 1.32 bits per heavy atom. The number of aliphatic imine (C=N–C) groups is 1. The van der Waals surface area contributed by atoms with Crippen molar-refractivity contribution in [1.82, 2.24) is 10.2 Å². The van der Waals surface area contributed by atoms with E-state index in [0.717, 1.165) is 37.8 Å². The highest BCUT2D eigenvalue weighted by molar-refractivity contribution is 14.0. The molecule has 22 heavy (non-hydrogen) atoms. The van der Waals surface area contributed by atoms with Gasteiger partial charge in [-0.1, -0.05) is 0 Å². The van der Waals surface area contributed by atoms with Gasteiger partial charge in [-0.25, -0.2) is 0 Å². The maximum absolute atomic E-state index is 6.03. The lowest BCUT2D eigenvalue weighted by atomic mass is 9.82. The zero-order chi connectivity index (χ0) is 14.2. The number of guanidine groups is 1. The van der Waals surface area contributed by atoms with Gasteiger partial charge in [-0.3, -0.25) is 4.99 Å². The summed E-state index contributed by atoms with van der Waals surface area (Å²) in [5, 5.41) is 3.46. The smallest absolute Gasteiger partial charge is 0.193 e. The van der Waals surface area contributed by atoms with Gasteiger partial charge >= 0.3 is 0 Å². The van der Waals surface area contributed by atoms with Crippen molar-refractivity contribution in [1.29, 1.82) is 0 Å². The first-order valence-electron chi connectivity index (χ1n) is 7.98. The largest absolute Gasteiger partial charge is 0.469 e. The van der Waals surface area contributed by atoms with Crippen LogP contribution in [0.4, 0.5) is 0 Å². The van der Waals surface area contributed by atoms with E-state index in [1.54, 1.807) is 6.26 Å². The molecule has 0 amide bonds. The van der Waals surface area contributed by atoms with Gasteiger partial charge in [-0.05, 0) is 25.0 Å². The first kappa shape index (κ1) is 16.1. The average Bonchev–Trinajstić information content (AvgIpc) is 3.25. The van der Waals surface area contributed by atoms with Gasteiger partial charge in [-0.2, -0.15) is 0 Å². The number of hydrogen-bond acceptors (Lipinski definition) is 3. The number of fused-ring (bicyclic) bond motifs is 5. The summed E-state index contributed by atoms with van der Waals surface area (Å²) in [5.41, 5.74) is 0. The molecule has 4 rings (SSSR count). The van der Waals surface area contributed by atoms with Crippen LogP contribution >= 0.6 is 24.0 Å². The zero-order valence-electron chi connectivity index (χ0n) is 12.9. The van der Waals surface area contributed by atoms with Crippen LogP contribution in [0.2, 0.25) is 0 Å². The normalized spacial score (nSPS) is 33.0. The number of rotatable bonds is 3. The van der Waals surface area contributed by atoms with Gasteiger partial charge in [0.05, 0.1) is 18.5 Å². The second-order valence-corrected chi connectivity index (χ2v) is 6.33. The Kier molecular flexibility index (Phi) is 4.97. The zero-order valence-corrected chi connectivity index (χ0v) is 15.2. The molecule has 3 saturated heterocycles. The number of nitrogens with one attached hydrogen (secondary N) is 1. The average molecular weight is 417 g/mol. The number of furan rings is 1. The maximum Gasteiger partial charge on any atom is 0.193 e. The van der Waals surface area contributed by atoms with Gasteiger partial charge in [0.2, 0.25) is 0 Å². The van der Waals surface area contributed by atoms with Crippen LogP contribution in [-0.2, 0) is 11.2 Å². The predicted molar refractivity (Wildman–Crippen MR) is 95.6 cm³/mol. The minimum atomic E-state index is 0. The Bertz CT molecular complexity index is 501. The van der Waals surface area contributed by atoms with Crippen LogP contribution in [-0.4, -0.2) is 49.7 Å². The van der Waals surface area contributed by atoms with Crippen molar-refractivity contribution >= 4 is 29.9 Å². The standard InChI is InChI=1S/C16H23N3O2.HI/c1-17-16(18-7-6-11-3-2-8-20-11)19-9-12-13(10-19)15-5-4-14(12)21-15;/h2-3,8,12-15H,4-7,9-10H2,1H3,(H,17,18);1H. The molecule has 4 unspecified atom stereocenters. The summed E-state index contributed by atoms with van der Waals surface area (Å²) in [6.07, 6.45) is 6.13. The summed E-state index contributed by atoms with van der Waals surface area (Å²) >= 11 is 0. The fourth-order valence-corrected chi connectivity index (χ4v) is 4.22. The van der Waals surface area contributed by atoms with Crippen LogP contribution in [0.25, 0.3) is 0 Å². The van der Waals surface area contributed by atoms with Gasteiger partial charge in [0.25, 0.3) is 0 Å². The van der Waals surface area contributed by atoms with Crippen LogP contribution in [0, 0.1) is 11.8 Å². The summed E-state index contributed by atoms with van der Waals surface area (Å²) in [6.45, 7) is 3.04. The molecule has 4 atom stereocenters. The molecule has 1 N–H and O–H groups in total. The number of likely N-dealkylation sites (tertiary alicyclic amines) is 1. The molecule has 122 valence electrons. The number of hydrogen-bond donors (Lipinski definition) is 1. The molecule has 3 fully saturated rings. The van der Waals surface area contributed by atoms with E-state index in [2.05, 4.69) is 15.2 Å². The highest BCUT2D eigenvalue weighted by Crippen LogP contribution is 2.47. The molecule has 5 nitrogen and oxygen atoms in total. The summed E-state index contributed by atoms with van der Waals surface area (Å²) in [4.78, 5) is 6.85. The highest BCUT2D eigenvalue weighted by atomic mass is 127. The monoisotopic (exact) mass is 417 g/mol. The molecular formula is C16H24IN3O2. The Labute approximate surface area is 148 Å². The van der Waals surface area contributed by atoms with Crippen molar-refractivity contribution in [3.8, 4) is 0 Å². The van der Waals surface area contributed by atoms with Gasteiger partial charge < -0.3 is 19.4 Å². The van der Waals surface area contributed by atoms with E-state index >= 15 is 0 Å². The first-order valence-corrected chi connectivity index (χ1v) is 7.98. The van der Waals surface area contributed by atoms with Crippen molar-refractivity contribution in [2.45, 2.75) is 31.5 Å². The minimum Gasteiger partial charge on any atom is -0.469 e. The third-order valence-corrected chi connectivity index (χ3v) is 5.20. The predicted octanol–water partition coefficient (Wildman–Crippen LogP) is 2.12. The van der Waals surface area contributed by atoms with E-state index in [4.69, 9.17) is 9.15 Å². The fourth-order valence-electron chi connectivity index (χ4n) is 4.22. The van der Waals surface area contributed by atoms with Crippen LogP contribution in [0.3, 0.4) is 0 Å². The Balaban J connectivity index is 0.00000144. The lowest BCUT2D eigenvalue weighted by Gasteiger charge is -2.23. The third-order valence-electron chi connectivity index (χ3n) is 5.20. The molecule has 0 radical (unpaired) electrons. The minimum absolute atomic E-state index is 0. The Morgan fingerprint density at radius 3 is 2.64 bits per heavy atom. The lowest BCUT2D eigenvalue weighted by Crippen LogP contribution is -2.42. The van der Waals surface area contributed by atoms with E-state index in [0.29, 0.717) is 24.0 Å². The third kappa shape index (κ3) is 2.87. The molecule has 4 heterocycles. The van der Waals surface area contributed by atoms with E-state index in [9.17, 15) is 0 Å². The van der Waals surface area contributed by atoms with Crippen LogP contribution in [0.1, 0.15) is 18.6 Å². The maximum atomic E-state index is 6.03. The molecule has 0 aromatic carbocycles. The number of ether oxygens (including phenoxy) is 1. The van der Waals surface area contributed by atoms with E-state index in [1.807, 2.05) is 19.2 Å². The van der Waals surface area contributed by atoms with E-state index < -0.39 is 0 Å². The summed E-state index contributed by atoms with van der Waals surface area (Å²) in [7, 11) is 1.87. The molecule has 1 aromatic rings. The molecule has 0 saturated carbocycles. The molecule has 6 heteroatoms. The summed E-state index contributed by atoms with van der Waals surface area (Å²) in [5.74, 6) is 3.47. The van der Waals surface area contributed by atoms with Crippen LogP contribution < -0.4 is 5.32 Å². The van der Waals surface area contributed by atoms with Crippen molar-refractivity contribution < 1.29 is 9.15 Å². The molecule has 1 aromatic heterocycles. The van der Waals surface area contributed by atoms with Gasteiger partial charge in [0, 0.05) is 44.9 Å². The molecule has 2 bridgehead atoms. The van der Waals surface area contributed by atoms with Crippen molar-refractivity contribution in [2.75, 3.05) is 26.7 Å². The second kappa shape index (κ2) is 6.78. The van der Waals surface area contributed by atoms with Gasteiger partial charge in [0.1, 0.15) is 5.76 Å². The highest BCUT2D eigenvalue weighted by Gasteiger charge is 2.53. The number of halogens is 1. The van der Waals surface area contributed by atoms with E-state index in [1.165, 1.54) is 12.8 Å². The van der Waals surface area contributed by atoms with Crippen LogP contribution in [0.5, 0.6) is 0 Å². The number of nitrogens with zero attached hydrogens (tertiary/aromatic N) is 2. The van der Waals surface area contributed by atoms with Gasteiger partial charge in [-0.15, -0.1) is 24.0 Å². The molecule has 3 aliphatic rings. The quantitative estimate of drug-likeness (QED) is 0.465. The van der Waals surface area contributed by atoms with E-state index in [-0.39, 0.29) is 24.0 Å². The van der Waals surface area contributed by atoms with Gasteiger partial charge in [0.15, 0.2) is 5.96 Å². The van der Waals surface area contributed by atoms with Crippen molar-refractivity contribution in [3.63, 3.8) is 0 Å². The van der Waals surface area contributed by atoms with Crippen molar-refractivity contribution in [2.24, 2.45) is 16.8 Å². The summed E-state index contributed by atoms with van der Waals surface area (Å²) in [6, 6.07) is 3.95. The molecule has 0 spiro atoms. The topological polar surface area (TPSA) is 50.0 Å². The lowest BCUT2D eigenvalue weighted by molar-refractivity contribution is 0.0767. The molecule has 0 aliphatic carbocycles.